The highest BCUT2D eigenvalue weighted by atomic mass is 32.1. The van der Waals surface area contributed by atoms with E-state index in [2.05, 4.69) is 5.32 Å². The predicted molar refractivity (Wildman–Crippen MR) is 96.2 cm³/mol. The molecule has 2 amide bonds. The van der Waals surface area contributed by atoms with Crippen LogP contribution >= 0.6 is 11.3 Å². The maximum absolute atomic E-state index is 13.0. The molecule has 126 valence electrons. The Kier molecular flexibility index (Phi) is 4.71. The van der Waals surface area contributed by atoms with Gasteiger partial charge in [0.25, 0.3) is 5.91 Å². The summed E-state index contributed by atoms with van der Waals surface area (Å²) >= 11 is 1.58. The first-order valence-corrected chi connectivity index (χ1v) is 9.12. The molecule has 5 heteroatoms. The minimum Gasteiger partial charge on any atom is -0.353 e. The van der Waals surface area contributed by atoms with Gasteiger partial charge in [-0.15, -0.1) is 11.3 Å². The lowest BCUT2D eigenvalue weighted by molar-refractivity contribution is -0.124. The zero-order valence-electron chi connectivity index (χ0n) is 14.2. The predicted octanol–water partition coefficient (Wildman–Crippen LogP) is 3.57. The van der Waals surface area contributed by atoms with E-state index < -0.39 is 5.92 Å². The van der Waals surface area contributed by atoms with Crippen LogP contribution in [0, 0.1) is 0 Å². The van der Waals surface area contributed by atoms with E-state index in [1.54, 1.807) is 23.3 Å². The van der Waals surface area contributed by atoms with Crippen LogP contribution in [-0.2, 0) is 4.79 Å². The minimum absolute atomic E-state index is 0.0189. The molecule has 1 aliphatic heterocycles. The van der Waals surface area contributed by atoms with Crippen LogP contribution in [0.25, 0.3) is 0 Å². The van der Waals surface area contributed by atoms with Gasteiger partial charge in [0.15, 0.2) is 0 Å². The standard InChI is InChI=1S/C19H22N2O2S/c1-4-12(2)20-18(22)16-13-8-5-6-9-14(13)19(23)21(3)17(16)15-10-7-11-24-15/h5-12,16-17H,4H2,1-3H3,(H,20,22). The zero-order valence-corrected chi connectivity index (χ0v) is 15.0. The number of nitrogens with one attached hydrogen (secondary N) is 1. The molecule has 0 saturated heterocycles. The third-order valence-electron chi connectivity index (χ3n) is 4.70. The van der Waals surface area contributed by atoms with E-state index in [4.69, 9.17) is 0 Å². The molecule has 1 aromatic heterocycles. The molecular formula is C19H22N2O2S. The van der Waals surface area contributed by atoms with E-state index >= 15 is 0 Å². The first-order chi connectivity index (χ1) is 11.5. The molecule has 4 nitrogen and oxygen atoms in total. The summed E-state index contributed by atoms with van der Waals surface area (Å²) in [6.45, 7) is 4.05. The smallest absolute Gasteiger partial charge is 0.254 e. The van der Waals surface area contributed by atoms with Crippen LogP contribution in [0.1, 0.15) is 53.0 Å². The molecule has 3 atom stereocenters. The number of nitrogens with zero attached hydrogens (tertiary/aromatic N) is 1. The van der Waals surface area contributed by atoms with Crippen molar-refractivity contribution in [2.24, 2.45) is 0 Å². The van der Waals surface area contributed by atoms with Gasteiger partial charge in [0.2, 0.25) is 5.91 Å². The lowest BCUT2D eigenvalue weighted by atomic mass is 9.81. The lowest BCUT2D eigenvalue weighted by Gasteiger charge is -2.39. The summed E-state index contributed by atoms with van der Waals surface area (Å²) in [5, 5.41) is 5.08. The maximum atomic E-state index is 13.0. The Morgan fingerprint density at radius 1 is 1.29 bits per heavy atom. The molecule has 1 aliphatic rings. The lowest BCUT2D eigenvalue weighted by Crippen LogP contribution is -2.46. The van der Waals surface area contributed by atoms with Crippen molar-refractivity contribution < 1.29 is 9.59 Å². The summed E-state index contributed by atoms with van der Waals surface area (Å²) < 4.78 is 0. The molecule has 0 bridgehead atoms. The van der Waals surface area contributed by atoms with Gasteiger partial charge in [-0.25, -0.2) is 0 Å². The molecule has 0 fully saturated rings. The number of rotatable bonds is 4. The Morgan fingerprint density at radius 3 is 2.71 bits per heavy atom. The van der Waals surface area contributed by atoms with Crippen molar-refractivity contribution in [3.8, 4) is 0 Å². The van der Waals surface area contributed by atoms with Crippen molar-refractivity contribution in [3.63, 3.8) is 0 Å². The molecule has 0 radical (unpaired) electrons. The van der Waals surface area contributed by atoms with E-state index in [-0.39, 0.29) is 23.9 Å². The van der Waals surface area contributed by atoms with Crippen molar-refractivity contribution in [2.45, 2.75) is 38.3 Å². The van der Waals surface area contributed by atoms with Crippen molar-refractivity contribution in [1.29, 1.82) is 0 Å². The highest BCUT2D eigenvalue weighted by Gasteiger charge is 2.43. The van der Waals surface area contributed by atoms with E-state index in [9.17, 15) is 9.59 Å². The fraction of sp³-hybridized carbons (Fsp3) is 0.368. The summed E-state index contributed by atoms with van der Waals surface area (Å²) in [7, 11) is 1.78. The highest BCUT2D eigenvalue weighted by molar-refractivity contribution is 7.10. The highest BCUT2D eigenvalue weighted by Crippen LogP contribution is 2.43. The average molecular weight is 342 g/mol. The molecule has 1 aromatic carbocycles. The second-order valence-corrected chi connectivity index (χ2v) is 7.24. The maximum Gasteiger partial charge on any atom is 0.254 e. The number of hydrogen-bond acceptors (Lipinski definition) is 3. The summed E-state index contributed by atoms with van der Waals surface area (Å²) in [5.74, 6) is -0.442. The number of fused-ring (bicyclic) bond motifs is 1. The third kappa shape index (κ3) is 2.84. The second kappa shape index (κ2) is 6.77. The number of benzene rings is 1. The Hall–Kier alpha value is -2.14. The van der Waals surface area contributed by atoms with Gasteiger partial charge in [-0.1, -0.05) is 31.2 Å². The molecule has 1 N–H and O–H groups in total. The Morgan fingerprint density at radius 2 is 2.04 bits per heavy atom. The van der Waals surface area contributed by atoms with Gasteiger partial charge >= 0.3 is 0 Å². The minimum atomic E-state index is -0.392. The van der Waals surface area contributed by atoms with E-state index in [1.807, 2.05) is 55.6 Å². The number of likely N-dealkylation sites (N-methyl/N-ethyl adjacent to an activating group) is 1. The average Bonchev–Trinajstić information content (AvgIpc) is 3.11. The van der Waals surface area contributed by atoms with Crippen LogP contribution in [0.4, 0.5) is 0 Å². The number of carbonyl (C=O) groups is 2. The van der Waals surface area contributed by atoms with Crippen molar-refractivity contribution >= 4 is 23.2 Å². The van der Waals surface area contributed by atoms with Gasteiger partial charge in [0.05, 0.1) is 12.0 Å². The normalized spacial score (nSPS) is 21.3. The zero-order chi connectivity index (χ0) is 17.3. The van der Waals surface area contributed by atoms with Crippen molar-refractivity contribution in [3.05, 3.63) is 57.8 Å². The van der Waals surface area contributed by atoms with Gasteiger partial charge in [0, 0.05) is 23.5 Å². The van der Waals surface area contributed by atoms with Crippen LogP contribution in [0.15, 0.2) is 41.8 Å². The second-order valence-electron chi connectivity index (χ2n) is 6.26. The van der Waals surface area contributed by atoms with Crippen molar-refractivity contribution in [2.75, 3.05) is 7.05 Å². The van der Waals surface area contributed by atoms with Crippen LogP contribution < -0.4 is 5.32 Å². The number of thiophene rings is 1. The Balaban J connectivity index is 2.09. The van der Waals surface area contributed by atoms with Crippen LogP contribution in [0.2, 0.25) is 0 Å². The van der Waals surface area contributed by atoms with Gasteiger partial charge in [-0.3, -0.25) is 9.59 Å². The number of hydrogen-bond donors (Lipinski definition) is 1. The molecule has 3 rings (SSSR count). The van der Waals surface area contributed by atoms with Crippen LogP contribution in [0.5, 0.6) is 0 Å². The van der Waals surface area contributed by atoms with Gasteiger partial charge < -0.3 is 10.2 Å². The first kappa shape index (κ1) is 16.7. The fourth-order valence-electron chi connectivity index (χ4n) is 3.21. The largest absolute Gasteiger partial charge is 0.353 e. The first-order valence-electron chi connectivity index (χ1n) is 8.24. The molecule has 0 saturated carbocycles. The molecule has 3 unspecified atom stereocenters. The summed E-state index contributed by atoms with van der Waals surface area (Å²) in [6, 6.07) is 11.3. The summed E-state index contributed by atoms with van der Waals surface area (Å²) in [4.78, 5) is 28.5. The number of amides is 2. The molecular weight excluding hydrogens is 320 g/mol. The van der Waals surface area contributed by atoms with Crippen LogP contribution in [-0.4, -0.2) is 29.8 Å². The van der Waals surface area contributed by atoms with Crippen molar-refractivity contribution in [1.82, 2.24) is 10.2 Å². The van der Waals surface area contributed by atoms with Gasteiger partial charge in [0.1, 0.15) is 0 Å². The SMILES string of the molecule is CCC(C)NC(=O)C1c2ccccc2C(=O)N(C)C1c1cccs1. The molecule has 2 aromatic rings. The summed E-state index contributed by atoms with van der Waals surface area (Å²) in [5.41, 5.74) is 1.44. The van der Waals surface area contributed by atoms with Crippen LogP contribution in [0.3, 0.4) is 0 Å². The van der Waals surface area contributed by atoms with E-state index in [1.165, 1.54) is 0 Å². The quantitative estimate of drug-likeness (QED) is 0.923. The fourth-order valence-corrected chi connectivity index (χ4v) is 4.11. The Labute approximate surface area is 146 Å². The van der Waals surface area contributed by atoms with Gasteiger partial charge in [-0.05, 0) is 36.4 Å². The summed E-state index contributed by atoms with van der Waals surface area (Å²) in [6.07, 6.45) is 0.874. The molecule has 0 spiro atoms. The van der Waals surface area contributed by atoms with Gasteiger partial charge in [-0.2, -0.15) is 0 Å². The molecule has 24 heavy (non-hydrogen) atoms. The van der Waals surface area contributed by atoms with E-state index in [0.29, 0.717) is 5.56 Å². The Bertz CT molecular complexity index is 742. The molecule has 0 aliphatic carbocycles. The molecule has 2 heterocycles. The number of carbonyl (C=O) groups excluding carboxylic acids is 2. The monoisotopic (exact) mass is 342 g/mol. The topological polar surface area (TPSA) is 49.4 Å². The van der Waals surface area contributed by atoms with E-state index in [0.717, 1.165) is 16.9 Å². The third-order valence-corrected chi connectivity index (χ3v) is 5.64.